The average Bonchev–Trinajstić information content (AvgIpc) is 3.95. The van der Waals surface area contributed by atoms with E-state index in [4.69, 9.17) is 14.4 Å². The number of para-hydroxylation sites is 2. The zero-order chi connectivity index (χ0) is 37.5. The highest BCUT2D eigenvalue weighted by molar-refractivity contribution is 7.25. The molecule has 1 aliphatic rings. The maximum Gasteiger partial charge on any atom is 0.160 e. The second-order valence-electron chi connectivity index (χ2n) is 14.8. The molecule has 3 heterocycles. The summed E-state index contributed by atoms with van der Waals surface area (Å²) in [6.07, 6.45) is 0. The molecule has 0 amide bonds. The molecule has 0 atom stereocenters. The molecule has 0 aliphatic heterocycles. The van der Waals surface area contributed by atoms with Crippen LogP contribution in [0.25, 0.3) is 87.1 Å². The zero-order valence-electron chi connectivity index (χ0n) is 30.7. The van der Waals surface area contributed by atoms with E-state index in [2.05, 4.69) is 182 Å². The van der Waals surface area contributed by atoms with Crippen LogP contribution in [-0.2, 0) is 5.41 Å². The van der Waals surface area contributed by atoms with Gasteiger partial charge in [0.05, 0.1) is 16.8 Å². The van der Waals surface area contributed by atoms with Crippen LogP contribution in [0.3, 0.4) is 0 Å². The van der Waals surface area contributed by atoms with Crippen LogP contribution < -0.4 is 0 Å². The first-order valence-corrected chi connectivity index (χ1v) is 20.1. The van der Waals surface area contributed by atoms with Gasteiger partial charge >= 0.3 is 0 Å². The van der Waals surface area contributed by atoms with Crippen molar-refractivity contribution >= 4 is 53.4 Å². The number of furan rings is 1. The SMILES string of the molecule is c1ccc(C2(c3ccccc3)c3ccccc3-c3c(-c4cc(-c5cccc6c5oc5ccccc56)nc(-c5ccc6sc7ccccc7c6c5)n4)cccc32)cc1. The number of benzene rings is 8. The molecule has 3 nitrogen and oxygen atoms in total. The van der Waals surface area contributed by atoms with Crippen molar-refractivity contribution in [2.45, 2.75) is 5.41 Å². The Hall–Kier alpha value is -7.14. The van der Waals surface area contributed by atoms with Gasteiger partial charge in [-0.15, -0.1) is 11.3 Å². The fraction of sp³-hybridized carbons (Fsp3) is 0.0189. The Balaban J connectivity index is 1.16. The van der Waals surface area contributed by atoms with E-state index in [0.717, 1.165) is 50.0 Å². The number of rotatable bonds is 5. The van der Waals surface area contributed by atoms with E-state index in [1.807, 2.05) is 23.5 Å². The van der Waals surface area contributed by atoms with Crippen LogP contribution in [0.15, 0.2) is 199 Å². The number of fused-ring (bicyclic) bond motifs is 9. The Labute approximate surface area is 333 Å². The summed E-state index contributed by atoms with van der Waals surface area (Å²) in [5, 5.41) is 4.63. The predicted molar refractivity (Wildman–Crippen MR) is 236 cm³/mol. The number of thiophene rings is 1. The largest absolute Gasteiger partial charge is 0.455 e. The monoisotopic (exact) mass is 744 g/mol. The van der Waals surface area contributed by atoms with Crippen molar-refractivity contribution in [1.82, 2.24) is 9.97 Å². The lowest BCUT2D eigenvalue weighted by atomic mass is 9.67. The Morgan fingerprint density at radius 1 is 0.421 bits per heavy atom. The first-order chi connectivity index (χ1) is 28.3. The van der Waals surface area contributed by atoms with Crippen molar-refractivity contribution in [1.29, 1.82) is 0 Å². The Bertz CT molecular complexity index is 3320. The van der Waals surface area contributed by atoms with Crippen LogP contribution in [0.1, 0.15) is 22.3 Å². The van der Waals surface area contributed by atoms with Crippen LogP contribution >= 0.6 is 11.3 Å². The summed E-state index contributed by atoms with van der Waals surface area (Å²) >= 11 is 1.82. The standard InChI is InChI=1S/C53H32N2OS/c1-3-15-34(16-4-1)53(35-17-5-2-6-18-35)43-25-10-7-21-39(43)50-40(23-14-26-44(50)53)45-32-46(41-24-13-22-38-36-19-8-11-27-47(36)56-51(38)41)55-52(54-45)33-29-30-49-42(31-33)37-20-9-12-28-48(37)57-49/h1-32H. The Kier molecular flexibility index (Phi) is 7.01. The van der Waals surface area contributed by atoms with E-state index < -0.39 is 5.41 Å². The minimum absolute atomic E-state index is 0.520. The normalized spacial score (nSPS) is 13.1. The number of hydrogen-bond acceptors (Lipinski definition) is 4. The molecule has 11 aromatic rings. The first kappa shape index (κ1) is 32.1. The zero-order valence-corrected chi connectivity index (χ0v) is 31.5. The van der Waals surface area contributed by atoms with Crippen LogP contribution in [0, 0.1) is 0 Å². The second-order valence-corrected chi connectivity index (χ2v) is 15.9. The molecule has 266 valence electrons. The van der Waals surface area contributed by atoms with Crippen LogP contribution in [0.2, 0.25) is 0 Å². The van der Waals surface area contributed by atoms with Gasteiger partial charge in [0.25, 0.3) is 0 Å². The topological polar surface area (TPSA) is 38.9 Å². The molecule has 0 N–H and O–H groups in total. The van der Waals surface area contributed by atoms with Crippen molar-refractivity contribution in [2.24, 2.45) is 0 Å². The van der Waals surface area contributed by atoms with Crippen LogP contribution in [0.5, 0.6) is 0 Å². The van der Waals surface area contributed by atoms with E-state index in [0.29, 0.717) is 5.82 Å². The Morgan fingerprint density at radius 2 is 1.02 bits per heavy atom. The van der Waals surface area contributed by atoms with Gasteiger partial charge < -0.3 is 4.42 Å². The molecular weight excluding hydrogens is 713 g/mol. The molecule has 3 aromatic heterocycles. The van der Waals surface area contributed by atoms with Crippen molar-refractivity contribution in [3.05, 3.63) is 216 Å². The van der Waals surface area contributed by atoms with Gasteiger partial charge in [0.15, 0.2) is 5.82 Å². The average molecular weight is 745 g/mol. The smallest absolute Gasteiger partial charge is 0.160 e. The van der Waals surface area contributed by atoms with E-state index >= 15 is 0 Å². The molecule has 0 radical (unpaired) electrons. The van der Waals surface area contributed by atoms with Gasteiger partial charge in [-0.2, -0.15) is 0 Å². The molecule has 0 spiro atoms. The van der Waals surface area contributed by atoms with E-state index in [1.54, 1.807) is 0 Å². The quantitative estimate of drug-likeness (QED) is 0.176. The van der Waals surface area contributed by atoms with Crippen LogP contribution in [-0.4, -0.2) is 9.97 Å². The van der Waals surface area contributed by atoms with Gasteiger partial charge in [0, 0.05) is 47.6 Å². The third-order valence-electron chi connectivity index (χ3n) is 11.8. The summed E-state index contributed by atoms with van der Waals surface area (Å²) in [6.45, 7) is 0. The molecule has 1 aliphatic carbocycles. The summed E-state index contributed by atoms with van der Waals surface area (Å²) in [5.41, 5.74) is 13.2. The van der Waals surface area contributed by atoms with E-state index in [9.17, 15) is 0 Å². The third kappa shape index (κ3) is 4.71. The van der Waals surface area contributed by atoms with Crippen LogP contribution in [0.4, 0.5) is 0 Å². The van der Waals surface area contributed by atoms with Gasteiger partial charge in [-0.3, -0.25) is 0 Å². The minimum Gasteiger partial charge on any atom is -0.455 e. The molecule has 12 rings (SSSR count). The molecule has 0 saturated heterocycles. The van der Waals surface area contributed by atoms with Crippen molar-refractivity contribution in [3.63, 3.8) is 0 Å². The predicted octanol–water partition coefficient (Wildman–Crippen LogP) is 14.1. The summed E-state index contributed by atoms with van der Waals surface area (Å²) < 4.78 is 9.13. The molecule has 57 heavy (non-hydrogen) atoms. The summed E-state index contributed by atoms with van der Waals surface area (Å²) in [4.78, 5) is 10.9. The highest BCUT2D eigenvalue weighted by Gasteiger charge is 2.46. The number of aromatic nitrogens is 2. The summed E-state index contributed by atoms with van der Waals surface area (Å²) in [7, 11) is 0. The lowest BCUT2D eigenvalue weighted by molar-refractivity contribution is 0.670. The summed E-state index contributed by atoms with van der Waals surface area (Å²) in [6, 6.07) is 69.6. The van der Waals surface area contributed by atoms with E-state index in [1.165, 1.54) is 53.6 Å². The number of nitrogens with zero attached hydrogens (tertiary/aromatic N) is 2. The fourth-order valence-electron chi connectivity index (χ4n) is 9.37. The van der Waals surface area contributed by atoms with Crippen molar-refractivity contribution in [3.8, 4) is 45.0 Å². The van der Waals surface area contributed by atoms with Gasteiger partial charge in [-0.25, -0.2) is 9.97 Å². The highest BCUT2D eigenvalue weighted by atomic mass is 32.1. The van der Waals surface area contributed by atoms with Crippen molar-refractivity contribution < 1.29 is 4.42 Å². The molecule has 0 bridgehead atoms. The van der Waals surface area contributed by atoms with Crippen molar-refractivity contribution in [2.75, 3.05) is 0 Å². The molecule has 0 saturated carbocycles. The molecule has 0 fully saturated rings. The third-order valence-corrected chi connectivity index (χ3v) is 13.0. The van der Waals surface area contributed by atoms with Gasteiger partial charge in [0.1, 0.15) is 11.2 Å². The van der Waals surface area contributed by atoms with E-state index in [-0.39, 0.29) is 0 Å². The molecule has 4 heteroatoms. The molecule has 0 unspecified atom stereocenters. The summed E-state index contributed by atoms with van der Waals surface area (Å²) in [5.74, 6) is 0.675. The first-order valence-electron chi connectivity index (χ1n) is 19.3. The maximum atomic E-state index is 6.61. The van der Waals surface area contributed by atoms with Gasteiger partial charge in [0.2, 0.25) is 0 Å². The lowest BCUT2D eigenvalue weighted by Gasteiger charge is -2.33. The number of hydrogen-bond donors (Lipinski definition) is 0. The Morgan fingerprint density at radius 3 is 1.84 bits per heavy atom. The van der Waals surface area contributed by atoms with Gasteiger partial charge in [-0.1, -0.05) is 152 Å². The lowest BCUT2D eigenvalue weighted by Crippen LogP contribution is -2.28. The molecular formula is C53H32N2OS. The maximum absolute atomic E-state index is 6.61. The fourth-order valence-corrected chi connectivity index (χ4v) is 10.5. The van der Waals surface area contributed by atoms with Gasteiger partial charge in [-0.05, 0) is 75.8 Å². The molecule has 8 aromatic carbocycles. The second kappa shape index (κ2) is 12.4. The minimum atomic E-state index is -0.520. The highest BCUT2D eigenvalue weighted by Crippen LogP contribution is 2.58.